The van der Waals surface area contributed by atoms with Gasteiger partial charge in [-0.1, -0.05) is 48.5 Å². The summed E-state index contributed by atoms with van der Waals surface area (Å²) in [6.07, 6.45) is -0.744. The molecule has 2 amide bonds. The van der Waals surface area contributed by atoms with E-state index in [4.69, 9.17) is 9.84 Å². The number of nitrogens with zero attached hydrogens (tertiary/aromatic N) is 2. The van der Waals surface area contributed by atoms with Crippen molar-refractivity contribution >= 4 is 46.2 Å². The number of amides is 2. The Morgan fingerprint density at radius 2 is 1.77 bits per heavy atom. The first-order valence-corrected chi connectivity index (χ1v) is 13.2. The van der Waals surface area contributed by atoms with Gasteiger partial charge in [-0.05, 0) is 22.3 Å². The lowest BCUT2D eigenvalue weighted by molar-refractivity contribution is -0.138. The van der Waals surface area contributed by atoms with Crippen LogP contribution < -0.4 is 5.32 Å². The maximum atomic E-state index is 12.9. The minimum Gasteiger partial charge on any atom is -0.481 e. The van der Waals surface area contributed by atoms with Gasteiger partial charge in [-0.3, -0.25) is 14.9 Å². The SMILES string of the molecule is O=C(O)CC1CSCCN1C(=O)c1csc(NC(=O)OCC2c3ccccc3-c3ccccc32)n1. The lowest BCUT2D eigenvalue weighted by Crippen LogP contribution is -2.47. The van der Waals surface area contributed by atoms with Gasteiger partial charge < -0.3 is 14.7 Å². The van der Waals surface area contributed by atoms with Crippen LogP contribution in [0.15, 0.2) is 53.9 Å². The van der Waals surface area contributed by atoms with Gasteiger partial charge in [0.2, 0.25) is 0 Å². The van der Waals surface area contributed by atoms with Crippen molar-refractivity contribution < 1.29 is 24.2 Å². The third kappa shape index (κ3) is 4.89. The molecule has 0 spiro atoms. The number of benzene rings is 2. The standard InChI is InChI=1S/C25H23N3O5S2/c29-22(30)11-15-13-34-10-9-28(15)23(31)21-14-35-24(26-21)27-25(32)33-12-20-18-7-3-1-5-16(18)17-6-2-4-8-19(17)20/h1-8,14-15,20H,9-13H2,(H,29,30)(H,26,27,32). The number of anilines is 1. The molecule has 2 aliphatic rings. The summed E-state index contributed by atoms with van der Waals surface area (Å²) < 4.78 is 5.54. The van der Waals surface area contributed by atoms with E-state index in [1.54, 1.807) is 22.0 Å². The highest BCUT2D eigenvalue weighted by atomic mass is 32.2. The third-order valence-corrected chi connectivity index (χ3v) is 8.02. The van der Waals surface area contributed by atoms with Crippen LogP contribution in [-0.2, 0) is 9.53 Å². The Kier molecular flexibility index (Phi) is 6.74. The lowest BCUT2D eigenvalue weighted by Gasteiger charge is -2.34. The van der Waals surface area contributed by atoms with E-state index in [1.165, 1.54) is 0 Å². The second-order valence-corrected chi connectivity index (χ2v) is 10.3. The fourth-order valence-corrected chi connectivity index (χ4v) is 6.32. The fraction of sp³-hybridized carbons (Fsp3) is 0.280. The monoisotopic (exact) mass is 509 g/mol. The molecule has 1 aliphatic carbocycles. The number of carboxylic acid groups (broad SMARTS) is 1. The summed E-state index contributed by atoms with van der Waals surface area (Å²) in [5, 5.41) is 13.6. The summed E-state index contributed by atoms with van der Waals surface area (Å²) in [5.41, 5.74) is 4.74. The van der Waals surface area contributed by atoms with Crippen molar-refractivity contribution in [1.82, 2.24) is 9.88 Å². The van der Waals surface area contributed by atoms with E-state index >= 15 is 0 Å². The van der Waals surface area contributed by atoms with Gasteiger partial charge in [0.1, 0.15) is 12.3 Å². The highest BCUT2D eigenvalue weighted by Crippen LogP contribution is 2.44. The molecule has 0 radical (unpaired) electrons. The maximum absolute atomic E-state index is 12.9. The number of carbonyl (C=O) groups excluding carboxylic acids is 2. The number of thioether (sulfide) groups is 1. The van der Waals surface area contributed by atoms with Crippen molar-refractivity contribution in [3.8, 4) is 11.1 Å². The molecule has 180 valence electrons. The van der Waals surface area contributed by atoms with Crippen molar-refractivity contribution in [2.45, 2.75) is 18.4 Å². The predicted octanol–water partition coefficient (Wildman–Crippen LogP) is 4.54. The van der Waals surface area contributed by atoms with E-state index in [9.17, 15) is 14.4 Å². The molecule has 0 bridgehead atoms. The number of hydrogen-bond acceptors (Lipinski definition) is 7. The summed E-state index contributed by atoms with van der Waals surface area (Å²) >= 11 is 2.76. The Morgan fingerprint density at radius 3 is 2.46 bits per heavy atom. The molecule has 2 N–H and O–H groups in total. The van der Waals surface area contributed by atoms with Crippen LogP contribution in [0, 0.1) is 0 Å². The van der Waals surface area contributed by atoms with E-state index < -0.39 is 12.1 Å². The average Bonchev–Trinajstić information content (AvgIpc) is 3.45. The van der Waals surface area contributed by atoms with E-state index in [0.29, 0.717) is 12.3 Å². The number of carbonyl (C=O) groups is 3. The topological polar surface area (TPSA) is 109 Å². The largest absolute Gasteiger partial charge is 0.481 e. The molecule has 5 rings (SSSR count). The number of fused-ring (bicyclic) bond motifs is 3. The van der Waals surface area contributed by atoms with Crippen molar-refractivity contribution in [3.05, 3.63) is 70.7 Å². The van der Waals surface area contributed by atoms with Crippen molar-refractivity contribution in [2.24, 2.45) is 0 Å². The van der Waals surface area contributed by atoms with Gasteiger partial charge in [0, 0.05) is 29.3 Å². The molecule has 1 atom stereocenters. The number of carboxylic acids is 1. The minimum atomic E-state index is -0.939. The molecule has 35 heavy (non-hydrogen) atoms. The van der Waals surface area contributed by atoms with Gasteiger partial charge in [0.15, 0.2) is 5.13 Å². The Hall–Kier alpha value is -3.37. The lowest BCUT2D eigenvalue weighted by atomic mass is 9.98. The van der Waals surface area contributed by atoms with Gasteiger partial charge in [-0.25, -0.2) is 9.78 Å². The van der Waals surface area contributed by atoms with Crippen LogP contribution in [0.4, 0.5) is 9.93 Å². The van der Waals surface area contributed by atoms with Gasteiger partial charge >= 0.3 is 12.1 Å². The van der Waals surface area contributed by atoms with E-state index in [2.05, 4.69) is 34.6 Å². The normalized spacial score (nSPS) is 16.9. The molecule has 8 nitrogen and oxygen atoms in total. The van der Waals surface area contributed by atoms with Gasteiger partial charge in [-0.2, -0.15) is 11.8 Å². The number of aliphatic carboxylic acids is 1. The second-order valence-electron chi connectivity index (χ2n) is 8.31. The predicted molar refractivity (Wildman–Crippen MR) is 135 cm³/mol. The zero-order valence-electron chi connectivity index (χ0n) is 18.7. The quantitative estimate of drug-likeness (QED) is 0.502. The molecule has 0 saturated carbocycles. The summed E-state index contributed by atoms with van der Waals surface area (Å²) in [6, 6.07) is 15.8. The number of nitrogens with one attached hydrogen (secondary N) is 1. The summed E-state index contributed by atoms with van der Waals surface area (Å²) in [6.45, 7) is 0.646. The molecule has 1 fully saturated rings. The van der Waals surface area contributed by atoms with Crippen LogP contribution in [0.5, 0.6) is 0 Å². The zero-order valence-corrected chi connectivity index (χ0v) is 20.3. The Morgan fingerprint density at radius 1 is 1.09 bits per heavy atom. The van der Waals surface area contributed by atoms with Gasteiger partial charge in [0.05, 0.1) is 12.5 Å². The highest BCUT2D eigenvalue weighted by Gasteiger charge is 2.31. The first-order valence-electron chi connectivity index (χ1n) is 11.2. The fourth-order valence-electron chi connectivity index (χ4n) is 4.59. The van der Waals surface area contributed by atoms with Crippen LogP contribution >= 0.6 is 23.1 Å². The van der Waals surface area contributed by atoms with Crippen LogP contribution in [0.2, 0.25) is 0 Å². The van der Waals surface area contributed by atoms with Crippen molar-refractivity contribution in [2.75, 3.05) is 30.0 Å². The van der Waals surface area contributed by atoms with Gasteiger partial charge in [-0.15, -0.1) is 11.3 Å². The van der Waals surface area contributed by atoms with E-state index in [1.807, 2.05) is 24.3 Å². The van der Waals surface area contributed by atoms with Gasteiger partial charge in [0.25, 0.3) is 5.91 Å². The number of ether oxygens (including phenoxy) is 1. The van der Waals surface area contributed by atoms with Crippen molar-refractivity contribution in [3.63, 3.8) is 0 Å². The van der Waals surface area contributed by atoms with Crippen molar-refractivity contribution in [1.29, 1.82) is 0 Å². The maximum Gasteiger partial charge on any atom is 0.413 e. The Bertz CT molecular complexity index is 1230. The second kappa shape index (κ2) is 10.1. The van der Waals surface area contributed by atoms with E-state index in [-0.39, 0.29) is 41.7 Å². The first kappa shape index (κ1) is 23.4. The summed E-state index contributed by atoms with van der Waals surface area (Å²) in [5.74, 6) is 0.00784. The molecular formula is C25H23N3O5S2. The molecule has 3 aromatic rings. The van der Waals surface area contributed by atoms with E-state index in [0.717, 1.165) is 39.3 Å². The Balaban J connectivity index is 1.22. The molecular weight excluding hydrogens is 486 g/mol. The molecule has 2 aromatic carbocycles. The molecule has 1 saturated heterocycles. The van der Waals surface area contributed by atoms with Crippen LogP contribution in [0.25, 0.3) is 11.1 Å². The molecule has 1 unspecified atom stereocenters. The average molecular weight is 510 g/mol. The zero-order chi connectivity index (χ0) is 24.4. The first-order chi connectivity index (χ1) is 17.0. The highest BCUT2D eigenvalue weighted by molar-refractivity contribution is 7.99. The number of hydrogen-bond donors (Lipinski definition) is 2. The molecule has 2 heterocycles. The molecule has 10 heteroatoms. The van der Waals surface area contributed by atoms with Crippen LogP contribution in [0.1, 0.15) is 34.0 Å². The number of thiazole rings is 1. The summed E-state index contributed by atoms with van der Waals surface area (Å²) in [4.78, 5) is 42.5. The molecule has 1 aliphatic heterocycles. The van der Waals surface area contributed by atoms with Crippen LogP contribution in [-0.4, -0.2) is 63.7 Å². The number of aromatic nitrogens is 1. The van der Waals surface area contributed by atoms with Crippen LogP contribution in [0.3, 0.4) is 0 Å². The smallest absolute Gasteiger partial charge is 0.413 e. The Labute approximate surface area is 210 Å². The molecule has 1 aromatic heterocycles. The number of rotatable bonds is 6. The third-order valence-electron chi connectivity index (χ3n) is 6.17. The minimum absolute atomic E-state index is 0.0512. The summed E-state index contributed by atoms with van der Waals surface area (Å²) in [7, 11) is 0.